The molecule has 2 fully saturated rings. The molecule has 0 N–H and O–H groups in total. The lowest BCUT2D eigenvalue weighted by Crippen LogP contribution is -2.51. The molecule has 7 heteroatoms. The van der Waals surface area contributed by atoms with Crippen molar-refractivity contribution >= 4 is 5.91 Å². The topological polar surface area (TPSA) is 81.3 Å². The third-order valence-corrected chi connectivity index (χ3v) is 4.72. The lowest BCUT2D eigenvalue weighted by atomic mass is 10.1. The Morgan fingerprint density at radius 3 is 3.17 bits per heavy atom. The smallest absolute Gasteiger partial charge is 0.227 e. The normalized spacial score (nSPS) is 23.2. The summed E-state index contributed by atoms with van der Waals surface area (Å²) >= 11 is 0. The van der Waals surface area contributed by atoms with Crippen molar-refractivity contribution in [3.63, 3.8) is 0 Å². The second-order valence-corrected chi connectivity index (χ2v) is 6.22. The van der Waals surface area contributed by atoms with E-state index in [1.54, 1.807) is 6.20 Å². The number of nitrogens with zero attached hydrogens (tertiary/aromatic N) is 4. The Bertz CT molecular complexity index is 703. The van der Waals surface area contributed by atoms with E-state index < -0.39 is 0 Å². The first-order chi connectivity index (χ1) is 11.8. The van der Waals surface area contributed by atoms with Crippen molar-refractivity contribution < 1.29 is 14.1 Å². The van der Waals surface area contributed by atoms with Gasteiger partial charge < -0.3 is 14.2 Å². The highest BCUT2D eigenvalue weighted by atomic mass is 16.5. The Labute approximate surface area is 140 Å². The summed E-state index contributed by atoms with van der Waals surface area (Å²) in [4.78, 5) is 23.1. The summed E-state index contributed by atoms with van der Waals surface area (Å²) in [6.45, 7) is 1.32. The highest BCUT2D eigenvalue weighted by Gasteiger charge is 2.38. The van der Waals surface area contributed by atoms with Crippen LogP contribution < -0.4 is 0 Å². The van der Waals surface area contributed by atoms with E-state index in [-0.39, 0.29) is 18.1 Å². The fourth-order valence-electron chi connectivity index (χ4n) is 3.55. The molecule has 126 valence electrons. The largest absolute Gasteiger partial charge is 0.374 e. The number of carbonyl (C=O) groups is 1. The minimum atomic E-state index is 0.146. The Hall–Kier alpha value is -2.28. The molecule has 0 spiro atoms. The van der Waals surface area contributed by atoms with Crippen LogP contribution in [-0.2, 0) is 16.0 Å². The molecule has 1 saturated carbocycles. The van der Waals surface area contributed by atoms with Gasteiger partial charge in [-0.1, -0.05) is 11.2 Å². The van der Waals surface area contributed by atoms with Crippen LogP contribution in [0.1, 0.15) is 31.6 Å². The molecule has 24 heavy (non-hydrogen) atoms. The summed E-state index contributed by atoms with van der Waals surface area (Å²) in [5.41, 5.74) is 0.667. The lowest BCUT2D eigenvalue weighted by Gasteiger charge is -2.37. The van der Waals surface area contributed by atoms with Crippen molar-refractivity contribution in [2.45, 2.75) is 44.2 Å². The minimum absolute atomic E-state index is 0.146. The number of aromatic nitrogens is 3. The summed E-state index contributed by atoms with van der Waals surface area (Å²) in [6.07, 6.45) is 5.98. The number of pyridine rings is 1. The number of hydrogen-bond acceptors (Lipinski definition) is 6. The molecule has 2 atom stereocenters. The molecule has 1 saturated heterocycles. The third kappa shape index (κ3) is 3.03. The first-order valence-corrected chi connectivity index (χ1v) is 8.46. The number of ether oxygens (including phenoxy) is 1. The molecule has 1 aliphatic carbocycles. The van der Waals surface area contributed by atoms with E-state index in [9.17, 15) is 4.79 Å². The maximum Gasteiger partial charge on any atom is 0.227 e. The van der Waals surface area contributed by atoms with E-state index in [0.29, 0.717) is 43.4 Å². The van der Waals surface area contributed by atoms with E-state index in [4.69, 9.17) is 9.26 Å². The molecule has 1 amide bonds. The number of aryl methyl sites for hydroxylation is 1. The van der Waals surface area contributed by atoms with Gasteiger partial charge in [-0.25, -0.2) is 0 Å². The molecule has 2 aromatic heterocycles. The van der Waals surface area contributed by atoms with Crippen LogP contribution in [0.4, 0.5) is 0 Å². The fourth-order valence-corrected chi connectivity index (χ4v) is 3.55. The highest BCUT2D eigenvalue weighted by Crippen LogP contribution is 2.30. The van der Waals surface area contributed by atoms with E-state index in [1.807, 2.05) is 23.1 Å². The quantitative estimate of drug-likeness (QED) is 0.852. The zero-order valence-electron chi connectivity index (χ0n) is 13.4. The van der Waals surface area contributed by atoms with Gasteiger partial charge in [-0.3, -0.25) is 9.78 Å². The summed E-state index contributed by atoms with van der Waals surface area (Å²) in [7, 11) is 0. The maximum atomic E-state index is 12.6. The van der Waals surface area contributed by atoms with Gasteiger partial charge in [0.05, 0.1) is 18.8 Å². The van der Waals surface area contributed by atoms with Gasteiger partial charge in [-0.2, -0.15) is 4.98 Å². The Balaban J connectivity index is 1.37. The highest BCUT2D eigenvalue weighted by molar-refractivity contribution is 5.77. The lowest BCUT2D eigenvalue weighted by molar-refractivity contribution is -0.144. The van der Waals surface area contributed by atoms with Crippen LogP contribution in [-0.4, -0.2) is 51.2 Å². The van der Waals surface area contributed by atoms with E-state index in [0.717, 1.165) is 19.3 Å². The van der Waals surface area contributed by atoms with Gasteiger partial charge in [0.1, 0.15) is 5.69 Å². The Morgan fingerprint density at radius 2 is 2.29 bits per heavy atom. The van der Waals surface area contributed by atoms with Crippen LogP contribution >= 0.6 is 0 Å². The Morgan fingerprint density at radius 1 is 1.33 bits per heavy atom. The van der Waals surface area contributed by atoms with Crippen molar-refractivity contribution in [1.29, 1.82) is 0 Å². The van der Waals surface area contributed by atoms with Gasteiger partial charge in [-0.05, 0) is 31.4 Å². The first kappa shape index (κ1) is 15.3. The average Bonchev–Trinajstić information content (AvgIpc) is 3.29. The SMILES string of the molecule is O=C(CCc1nc(-c2ccccn2)no1)N1CCO[C@@H]2CCC[C@@H]21. The minimum Gasteiger partial charge on any atom is -0.374 e. The molecule has 2 aromatic rings. The van der Waals surface area contributed by atoms with Gasteiger partial charge in [0.25, 0.3) is 0 Å². The number of carbonyl (C=O) groups excluding carboxylic acids is 1. The second kappa shape index (κ2) is 6.68. The van der Waals surface area contributed by atoms with Gasteiger partial charge >= 0.3 is 0 Å². The number of fused-ring (bicyclic) bond motifs is 1. The first-order valence-electron chi connectivity index (χ1n) is 8.46. The Kier molecular flexibility index (Phi) is 4.25. The summed E-state index contributed by atoms with van der Waals surface area (Å²) < 4.78 is 11.0. The zero-order valence-corrected chi connectivity index (χ0v) is 13.4. The van der Waals surface area contributed by atoms with Gasteiger partial charge in [0.15, 0.2) is 0 Å². The van der Waals surface area contributed by atoms with Crippen molar-refractivity contribution in [3.8, 4) is 11.5 Å². The van der Waals surface area contributed by atoms with Crippen LogP contribution in [0.25, 0.3) is 11.5 Å². The predicted octanol–water partition coefficient (Wildman–Crippen LogP) is 1.84. The summed E-state index contributed by atoms with van der Waals surface area (Å²) in [6, 6.07) is 5.78. The summed E-state index contributed by atoms with van der Waals surface area (Å²) in [5.74, 6) is 1.08. The van der Waals surface area contributed by atoms with Gasteiger partial charge in [-0.15, -0.1) is 0 Å². The molecular formula is C17H20N4O3. The van der Waals surface area contributed by atoms with E-state index in [2.05, 4.69) is 15.1 Å². The molecule has 4 rings (SSSR count). The zero-order chi connectivity index (χ0) is 16.4. The maximum absolute atomic E-state index is 12.6. The summed E-state index contributed by atoms with van der Waals surface area (Å²) in [5, 5.41) is 3.94. The average molecular weight is 328 g/mol. The van der Waals surface area contributed by atoms with Crippen LogP contribution in [0.3, 0.4) is 0 Å². The second-order valence-electron chi connectivity index (χ2n) is 6.22. The fraction of sp³-hybridized carbons (Fsp3) is 0.529. The number of hydrogen-bond donors (Lipinski definition) is 0. The van der Waals surface area contributed by atoms with E-state index >= 15 is 0 Å². The van der Waals surface area contributed by atoms with Crippen molar-refractivity contribution in [2.24, 2.45) is 0 Å². The van der Waals surface area contributed by atoms with Gasteiger partial charge in [0.2, 0.25) is 17.6 Å². The van der Waals surface area contributed by atoms with E-state index in [1.165, 1.54) is 0 Å². The van der Waals surface area contributed by atoms with Crippen molar-refractivity contribution in [2.75, 3.05) is 13.2 Å². The molecule has 2 aliphatic rings. The molecule has 0 radical (unpaired) electrons. The number of amides is 1. The third-order valence-electron chi connectivity index (χ3n) is 4.72. The standard InChI is InChI=1S/C17H20N4O3/c22-16(21-10-11-23-14-6-3-5-13(14)21)8-7-15-19-17(20-24-15)12-4-1-2-9-18-12/h1-2,4,9,13-14H,3,5-8,10-11H2/t13-,14+/m0/s1. The molecule has 0 unspecified atom stereocenters. The van der Waals surface area contributed by atoms with Crippen molar-refractivity contribution in [1.82, 2.24) is 20.0 Å². The van der Waals surface area contributed by atoms with Crippen molar-refractivity contribution in [3.05, 3.63) is 30.3 Å². The monoisotopic (exact) mass is 328 g/mol. The molecule has 0 bridgehead atoms. The van der Waals surface area contributed by atoms with Crippen LogP contribution in [0, 0.1) is 0 Å². The van der Waals surface area contributed by atoms with Crippen LogP contribution in [0.5, 0.6) is 0 Å². The van der Waals surface area contributed by atoms with Crippen LogP contribution in [0.15, 0.2) is 28.9 Å². The number of morpholine rings is 1. The molecule has 0 aromatic carbocycles. The molecule has 1 aliphatic heterocycles. The van der Waals surface area contributed by atoms with Gasteiger partial charge in [0, 0.05) is 25.6 Å². The van der Waals surface area contributed by atoms with Crippen LogP contribution in [0.2, 0.25) is 0 Å². The predicted molar refractivity (Wildman–Crippen MR) is 84.9 cm³/mol. The molecular weight excluding hydrogens is 308 g/mol. The molecule has 3 heterocycles. The number of rotatable bonds is 4. The molecule has 7 nitrogen and oxygen atoms in total.